The van der Waals surface area contributed by atoms with E-state index in [0.717, 1.165) is 0 Å². The van der Waals surface area contributed by atoms with E-state index in [9.17, 15) is 4.79 Å². The predicted molar refractivity (Wildman–Crippen MR) is 33.7 cm³/mol. The van der Waals surface area contributed by atoms with Crippen molar-refractivity contribution < 1.29 is 9.90 Å². The number of ketones is 1. The van der Waals surface area contributed by atoms with E-state index in [-0.39, 0.29) is 11.9 Å². The Bertz CT molecular complexity index is 50.8. The van der Waals surface area contributed by atoms with Gasteiger partial charge < -0.3 is 9.90 Å². The molecule has 0 fully saturated rings. The molecule has 0 aromatic heterocycles. The van der Waals surface area contributed by atoms with E-state index >= 15 is 0 Å². The molecule has 0 aliphatic carbocycles. The number of carbonyl (C=O) groups excluding carboxylic acids is 1. The van der Waals surface area contributed by atoms with Gasteiger partial charge in [-0.2, -0.15) is 0 Å². The Hall–Kier alpha value is -0.370. The fourth-order valence-electron chi connectivity index (χ4n) is 0. The van der Waals surface area contributed by atoms with Crippen molar-refractivity contribution in [3.63, 3.8) is 0 Å². The molecule has 0 radical (unpaired) electrons. The van der Waals surface area contributed by atoms with Gasteiger partial charge in [-0.1, -0.05) is 0 Å². The fraction of sp³-hybridized carbons (Fsp3) is 0.833. The molecule has 0 bridgehead atoms. The Kier molecular flexibility index (Phi) is 8.77. The summed E-state index contributed by atoms with van der Waals surface area (Å²) < 4.78 is 0. The maximum Gasteiger partial charge on any atom is 0.126 e. The van der Waals surface area contributed by atoms with Gasteiger partial charge >= 0.3 is 0 Å². The van der Waals surface area contributed by atoms with Crippen LogP contribution in [0.25, 0.3) is 0 Å². The van der Waals surface area contributed by atoms with Gasteiger partial charge in [0.25, 0.3) is 0 Å². The van der Waals surface area contributed by atoms with Gasteiger partial charge in [-0.15, -0.1) is 0 Å². The average Bonchev–Trinajstić information content (AvgIpc) is 1.25. The minimum absolute atomic E-state index is 0.167. The summed E-state index contributed by atoms with van der Waals surface area (Å²) in [6, 6.07) is 0. The van der Waals surface area contributed by atoms with E-state index in [2.05, 4.69) is 0 Å². The molecule has 0 heterocycles. The standard InChI is InChI=1S/C3H8O.C3H6O/c2*1-3(2)4/h3-4H,1-2H3;1-2H3. The van der Waals surface area contributed by atoms with Gasteiger partial charge in [0.05, 0.1) is 0 Å². The third kappa shape index (κ3) is 882. The van der Waals surface area contributed by atoms with Gasteiger partial charge in [-0.3, -0.25) is 0 Å². The zero-order chi connectivity index (χ0) is 7.15. The Morgan fingerprint density at radius 1 is 1.38 bits per heavy atom. The summed E-state index contributed by atoms with van der Waals surface area (Å²) in [5, 5.41) is 8.06. The molecule has 0 saturated carbocycles. The van der Waals surface area contributed by atoms with E-state index in [1.54, 1.807) is 13.8 Å². The summed E-state index contributed by atoms with van der Waals surface area (Å²) in [5.41, 5.74) is 0. The van der Waals surface area contributed by atoms with Crippen molar-refractivity contribution in [3.8, 4) is 0 Å². The van der Waals surface area contributed by atoms with Crippen molar-refractivity contribution in [2.45, 2.75) is 33.8 Å². The van der Waals surface area contributed by atoms with Gasteiger partial charge in [-0.05, 0) is 27.7 Å². The number of hydrogen-bond acceptors (Lipinski definition) is 2. The topological polar surface area (TPSA) is 37.3 Å². The quantitative estimate of drug-likeness (QED) is 0.515. The van der Waals surface area contributed by atoms with Crippen LogP contribution in [0.1, 0.15) is 27.7 Å². The van der Waals surface area contributed by atoms with Gasteiger partial charge in [0.15, 0.2) is 0 Å². The van der Waals surface area contributed by atoms with Crippen LogP contribution in [0.5, 0.6) is 0 Å². The van der Waals surface area contributed by atoms with Crippen LogP contribution < -0.4 is 0 Å². The summed E-state index contributed by atoms with van der Waals surface area (Å²) in [7, 11) is 0. The largest absolute Gasteiger partial charge is 0.394 e. The third-order valence-corrected chi connectivity index (χ3v) is 0. The smallest absolute Gasteiger partial charge is 0.126 e. The minimum Gasteiger partial charge on any atom is -0.394 e. The Morgan fingerprint density at radius 3 is 1.38 bits per heavy atom. The molecular weight excluding hydrogens is 104 g/mol. The van der Waals surface area contributed by atoms with Gasteiger partial charge in [0, 0.05) is 6.10 Å². The zero-order valence-electron chi connectivity index (χ0n) is 5.93. The van der Waals surface area contributed by atoms with Crippen LogP contribution in [-0.2, 0) is 4.79 Å². The molecule has 0 unspecified atom stereocenters. The molecule has 0 aliphatic rings. The molecule has 0 saturated heterocycles. The molecule has 0 amide bonds. The molecule has 0 atom stereocenters. The van der Waals surface area contributed by atoms with E-state index < -0.39 is 0 Å². The van der Waals surface area contributed by atoms with Crippen molar-refractivity contribution in [1.82, 2.24) is 0 Å². The monoisotopic (exact) mass is 118 g/mol. The van der Waals surface area contributed by atoms with Gasteiger partial charge in [0.2, 0.25) is 0 Å². The second-order valence-corrected chi connectivity index (χ2v) is 2.00. The van der Waals surface area contributed by atoms with Crippen LogP contribution in [0.3, 0.4) is 0 Å². The van der Waals surface area contributed by atoms with E-state index in [0.29, 0.717) is 0 Å². The van der Waals surface area contributed by atoms with Crippen LogP contribution in [0.2, 0.25) is 0 Å². The highest BCUT2D eigenvalue weighted by molar-refractivity contribution is 5.72. The highest BCUT2D eigenvalue weighted by Gasteiger charge is 1.69. The van der Waals surface area contributed by atoms with Gasteiger partial charge in [0.1, 0.15) is 5.78 Å². The fourth-order valence-corrected chi connectivity index (χ4v) is 0. The molecule has 2 nitrogen and oxygen atoms in total. The highest BCUT2D eigenvalue weighted by Crippen LogP contribution is 1.65. The molecule has 2 heteroatoms. The number of aliphatic hydroxyl groups excluding tert-OH is 1. The summed E-state index contributed by atoms with van der Waals surface area (Å²) in [6.07, 6.45) is -0.167. The lowest BCUT2D eigenvalue weighted by molar-refractivity contribution is -0.114. The SMILES string of the molecule is CC(C)=O.CC(C)O. The lowest BCUT2D eigenvalue weighted by Gasteiger charge is -1.80. The minimum atomic E-state index is -0.167. The number of Topliss-reactive ketones (excluding diaryl/α,β-unsaturated/α-hetero) is 1. The first kappa shape index (κ1) is 10.6. The van der Waals surface area contributed by atoms with Crippen molar-refractivity contribution in [2.75, 3.05) is 0 Å². The van der Waals surface area contributed by atoms with Crippen molar-refractivity contribution in [3.05, 3.63) is 0 Å². The molecule has 0 spiro atoms. The maximum atomic E-state index is 9.44. The summed E-state index contributed by atoms with van der Waals surface area (Å²) in [4.78, 5) is 9.44. The second-order valence-electron chi connectivity index (χ2n) is 2.00. The number of hydrogen-bond donors (Lipinski definition) is 1. The molecule has 0 rings (SSSR count). The van der Waals surface area contributed by atoms with E-state index in [4.69, 9.17) is 5.11 Å². The number of aliphatic hydroxyl groups is 1. The molecule has 50 valence electrons. The molecular formula is C6H14O2. The Labute approximate surface area is 50.5 Å². The molecule has 1 N–H and O–H groups in total. The molecule has 0 aromatic carbocycles. The molecule has 8 heavy (non-hydrogen) atoms. The molecule has 0 aromatic rings. The van der Waals surface area contributed by atoms with E-state index in [1.807, 2.05) is 0 Å². The maximum absolute atomic E-state index is 9.44. The normalized spacial score (nSPS) is 7.75. The van der Waals surface area contributed by atoms with Crippen molar-refractivity contribution in [1.29, 1.82) is 0 Å². The van der Waals surface area contributed by atoms with E-state index in [1.165, 1.54) is 13.8 Å². The van der Waals surface area contributed by atoms with Crippen LogP contribution in [0.15, 0.2) is 0 Å². The number of carbonyl (C=O) groups is 1. The van der Waals surface area contributed by atoms with Crippen LogP contribution in [0.4, 0.5) is 0 Å². The second kappa shape index (κ2) is 6.63. The Morgan fingerprint density at radius 2 is 1.38 bits per heavy atom. The van der Waals surface area contributed by atoms with Crippen molar-refractivity contribution in [2.24, 2.45) is 0 Å². The number of rotatable bonds is 0. The summed E-state index contributed by atoms with van der Waals surface area (Å²) >= 11 is 0. The van der Waals surface area contributed by atoms with Crippen LogP contribution >= 0.6 is 0 Å². The lowest BCUT2D eigenvalue weighted by Crippen LogP contribution is -1.85. The first-order chi connectivity index (χ1) is 3.46. The predicted octanol–water partition coefficient (Wildman–Crippen LogP) is 0.982. The van der Waals surface area contributed by atoms with Gasteiger partial charge in [-0.25, -0.2) is 0 Å². The lowest BCUT2D eigenvalue weighted by atomic mass is 10.5. The van der Waals surface area contributed by atoms with Crippen LogP contribution in [-0.4, -0.2) is 17.0 Å². The average molecular weight is 118 g/mol. The first-order valence-electron chi connectivity index (χ1n) is 2.62. The summed E-state index contributed by atoms with van der Waals surface area (Å²) in [5.74, 6) is 0.167. The Balaban J connectivity index is 0. The molecule has 0 aliphatic heterocycles. The zero-order valence-corrected chi connectivity index (χ0v) is 5.93. The highest BCUT2D eigenvalue weighted by atomic mass is 16.3. The van der Waals surface area contributed by atoms with Crippen molar-refractivity contribution >= 4 is 5.78 Å². The third-order valence-electron chi connectivity index (χ3n) is 0. The summed E-state index contributed by atoms with van der Waals surface area (Å²) in [6.45, 7) is 6.50. The first-order valence-corrected chi connectivity index (χ1v) is 2.62. The van der Waals surface area contributed by atoms with Crippen LogP contribution in [0, 0.1) is 0 Å².